The molecule has 0 saturated carbocycles. The Labute approximate surface area is 162 Å². The van der Waals surface area contributed by atoms with E-state index in [1.54, 1.807) is 17.0 Å². The molecule has 6 nitrogen and oxygen atoms in total. The molecule has 2 aromatic rings. The average molecular weight is 387 g/mol. The molecule has 2 amide bonds. The van der Waals surface area contributed by atoms with Crippen molar-refractivity contribution in [1.82, 2.24) is 5.32 Å². The van der Waals surface area contributed by atoms with Crippen molar-refractivity contribution in [1.29, 1.82) is 0 Å². The highest BCUT2D eigenvalue weighted by Gasteiger charge is 2.38. The highest BCUT2D eigenvalue weighted by Crippen LogP contribution is 2.41. The summed E-state index contributed by atoms with van der Waals surface area (Å²) in [6.45, 7) is 3.90. The third kappa shape index (κ3) is 3.10. The molecule has 0 fully saturated rings. The van der Waals surface area contributed by atoms with E-state index >= 15 is 0 Å². The van der Waals surface area contributed by atoms with Crippen LogP contribution in [0.15, 0.2) is 30.3 Å². The van der Waals surface area contributed by atoms with Crippen molar-refractivity contribution in [3.05, 3.63) is 52.0 Å². The fraction of sp³-hybridized carbons (Fsp3) is 0.300. The largest absolute Gasteiger partial charge is 0.454 e. The van der Waals surface area contributed by atoms with Crippen LogP contribution in [0.5, 0.6) is 11.5 Å². The Kier molecular flexibility index (Phi) is 4.44. The van der Waals surface area contributed by atoms with Crippen LogP contribution < -0.4 is 19.7 Å². The second-order valence-corrected chi connectivity index (χ2v) is 7.01. The first-order chi connectivity index (χ1) is 13.0. The van der Waals surface area contributed by atoms with Crippen molar-refractivity contribution in [2.24, 2.45) is 0 Å². The number of hydrogen-bond acceptors (Lipinski definition) is 4. The SMILES string of the molecule is CCc1ccc2c(c1)[C@H](NC(C)=O)C(=O)N2Cc1cc2c(cc1Cl)OCO2. The summed E-state index contributed by atoms with van der Waals surface area (Å²) in [6, 6.07) is 8.72. The number of nitrogens with one attached hydrogen (secondary N) is 1. The van der Waals surface area contributed by atoms with E-state index in [9.17, 15) is 9.59 Å². The van der Waals surface area contributed by atoms with E-state index in [0.29, 0.717) is 16.5 Å². The van der Waals surface area contributed by atoms with Gasteiger partial charge in [0.1, 0.15) is 6.04 Å². The zero-order chi connectivity index (χ0) is 19.1. The number of nitrogens with zero attached hydrogens (tertiary/aromatic N) is 1. The van der Waals surface area contributed by atoms with Gasteiger partial charge in [-0.05, 0) is 29.7 Å². The van der Waals surface area contributed by atoms with Gasteiger partial charge in [0.25, 0.3) is 5.91 Å². The molecule has 0 saturated heterocycles. The standard InChI is InChI=1S/C20H19ClN2O4/c1-3-12-4-5-16-14(6-12)19(22-11(2)24)20(25)23(16)9-13-7-17-18(8-15(13)21)27-10-26-17/h4-8,19H,3,9-10H2,1-2H3,(H,22,24)/t19-/m0/s1. The van der Waals surface area contributed by atoms with Gasteiger partial charge in [-0.2, -0.15) is 0 Å². The van der Waals surface area contributed by atoms with Crippen LogP contribution in [0.1, 0.15) is 36.6 Å². The smallest absolute Gasteiger partial charge is 0.254 e. The Hall–Kier alpha value is -2.73. The average Bonchev–Trinajstić information content (AvgIpc) is 3.19. The minimum atomic E-state index is -0.684. The van der Waals surface area contributed by atoms with Crippen LogP contribution in [-0.2, 0) is 22.6 Å². The van der Waals surface area contributed by atoms with Crippen molar-refractivity contribution < 1.29 is 19.1 Å². The van der Waals surface area contributed by atoms with Crippen LogP contribution >= 0.6 is 11.6 Å². The van der Waals surface area contributed by atoms with Crippen molar-refractivity contribution in [2.75, 3.05) is 11.7 Å². The van der Waals surface area contributed by atoms with Gasteiger partial charge in [-0.3, -0.25) is 9.59 Å². The van der Waals surface area contributed by atoms with Gasteiger partial charge in [-0.25, -0.2) is 0 Å². The molecule has 2 heterocycles. The van der Waals surface area contributed by atoms with Crippen molar-refractivity contribution >= 4 is 29.1 Å². The maximum Gasteiger partial charge on any atom is 0.254 e. The lowest BCUT2D eigenvalue weighted by atomic mass is 10.0. The summed E-state index contributed by atoms with van der Waals surface area (Å²) in [5.74, 6) is 0.785. The predicted molar refractivity (Wildman–Crippen MR) is 101 cm³/mol. The number of rotatable bonds is 4. The third-order valence-corrected chi connectivity index (χ3v) is 5.18. The molecular formula is C20H19ClN2O4. The molecule has 7 heteroatoms. The zero-order valence-corrected chi connectivity index (χ0v) is 15.8. The molecule has 2 aromatic carbocycles. The number of carbonyl (C=O) groups is 2. The van der Waals surface area contributed by atoms with Gasteiger partial charge in [-0.15, -0.1) is 0 Å². The topological polar surface area (TPSA) is 67.9 Å². The molecule has 0 radical (unpaired) electrons. The third-order valence-electron chi connectivity index (χ3n) is 4.83. The minimum Gasteiger partial charge on any atom is -0.454 e. The molecule has 0 spiro atoms. The van der Waals surface area contributed by atoms with Crippen LogP contribution in [0, 0.1) is 0 Å². The molecule has 2 aliphatic rings. The molecule has 1 atom stereocenters. The van der Waals surface area contributed by atoms with Crippen LogP contribution in [0.3, 0.4) is 0 Å². The van der Waals surface area contributed by atoms with E-state index < -0.39 is 6.04 Å². The highest BCUT2D eigenvalue weighted by molar-refractivity contribution is 6.31. The summed E-state index contributed by atoms with van der Waals surface area (Å²) in [6.07, 6.45) is 0.849. The minimum absolute atomic E-state index is 0.158. The number of aryl methyl sites for hydroxylation is 1. The van der Waals surface area contributed by atoms with E-state index in [0.717, 1.165) is 28.8 Å². The van der Waals surface area contributed by atoms with E-state index in [1.165, 1.54) is 6.92 Å². The van der Waals surface area contributed by atoms with Gasteiger partial charge in [0.15, 0.2) is 11.5 Å². The number of halogens is 1. The quantitative estimate of drug-likeness (QED) is 0.874. The summed E-state index contributed by atoms with van der Waals surface area (Å²) in [5.41, 5.74) is 3.46. The Morgan fingerprint density at radius 1 is 1.26 bits per heavy atom. The number of amides is 2. The monoisotopic (exact) mass is 386 g/mol. The Morgan fingerprint density at radius 2 is 2.00 bits per heavy atom. The molecule has 1 N–H and O–H groups in total. The molecule has 0 bridgehead atoms. The summed E-state index contributed by atoms with van der Waals surface area (Å²) >= 11 is 6.39. The Bertz CT molecular complexity index is 944. The number of anilines is 1. The maximum atomic E-state index is 13.1. The van der Waals surface area contributed by atoms with Crippen molar-refractivity contribution in [2.45, 2.75) is 32.9 Å². The number of benzene rings is 2. The van der Waals surface area contributed by atoms with Gasteiger partial charge >= 0.3 is 0 Å². The summed E-state index contributed by atoms with van der Waals surface area (Å²) < 4.78 is 10.8. The van der Waals surface area contributed by atoms with E-state index in [1.807, 2.05) is 18.2 Å². The number of carbonyl (C=O) groups excluding carboxylic acids is 2. The molecule has 0 aliphatic carbocycles. The van der Waals surface area contributed by atoms with Crippen molar-refractivity contribution in [3.63, 3.8) is 0 Å². The van der Waals surface area contributed by atoms with Gasteiger partial charge in [0, 0.05) is 29.3 Å². The van der Waals surface area contributed by atoms with Crippen LogP contribution in [-0.4, -0.2) is 18.6 Å². The predicted octanol–water partition coefficient (Wildman–Crippen LogP) is 3.36. The first-order valence-electron chi connectivity index (χ1n) is 8.77. The molecule has 4 rings (SSSR count). The second kappa shape index (κ2) is 6.78. The molecule has 0 aromatic heterocycles. The first kappa shape index (κ1) is 17.7. The van der Waals surface area contributed by atoms with E-state index in [2.05, 4.69) is 12.2 Å². The number of ether oxygens (including phenoxy) is 2. The first-order valence-corrected chi connectivity index (χ1v) is 9.15. The lowest BCUT2D eigenvalue weighted by Gasteiger charge is -2.19. The van der Waals surface area contributed by atoms with Crippen LogP contribution in [0.2, 0.25) is 5.02 Å². The molecule has 27 heavy (non-hydrogen) atoms. The van der Waals surface area contributed by atoms with Crippen LogP contribution in [0.4, 0.5) is 5.69 Å². The van der Waals surface area contributed by atoms with Gasteiger partial charge < -0.3 is 19.7 Å². The fourth-order valence-corrected chi connectivity index (χ4v) is 3.68. The Balaban J connectivity index is 1.71. The van der Waals surface area contributed by atoms with Gasteiger partial charge in [0.05, 0.1) is 6.54 Å². The number of fused-ring (bicyclic) bond motifs is 2. The molecule has 2 aliphatic heterocycles. The second-order valence-electron chi connectivity index (χ2n) is 6.60. The van der Waals surface area contributed by atoms with E-state index in [-0.39, 0.29) is 25.2 Å². The molecule has 140 valence electrons. The van der Waals surface area contributed by atoms with Gasteiger partial charge in [-0.1, -0.05) is 30.7 Å². The molecular weight excluding hydrogens is 368 g/mol. The van der Waals surface area contributed by atoms with Crippen molar-refractivity contribution in [3.8, 4) is 11.5 Å². The van der Waals surface area contributed by atoms with E-state index in [4.69, 9.17) is 21.1 Å². The maximum absolute atomic E-state index is 13.1. The summed E-state index contributed by atoms with van der Waals surface area (Å²) in [4.78, 5) is 26.3. The molecule has 0 unspecified atom stereocenters. The fourth-order valence-electron chi connectivity index (χ4n) is 3.47. The lowest BCUT2D eigenvalue weighted by molar-refractivity contribution is -0.126. The summed E-state index contributed by atoms with van der Waals surface area (Å²) in [7, 11) is 0. The lowest BCUT2D eigenvalue weighted by Crippen LogP contribution is -2.36. The highest BCUT2D eigenvalue weighted by atomic mass is 35.5. The van der Waals surface area contributed by atoms with Gasteiger partial charge in [0.2, 0.25) is 12.7 Å². The Morgan fingerprint density at radius 3 is 2.70 bits per heavy atom. The van der Waals surface area contributed by atoms with Crippen LogP contribution in [0.25, 0.3) is 0 Å². The number of hydrogen-bond donors (Lipinski definition) is 1. The normalized spacial score (nSPS) is 17.2. The zero-order valence-electron chi connectivity index (χ0n) is 15.0. The summed E-state index contributed by atoms with van der Waals surface area (Å²) in [5, 5.41) is 3.26.